The zero-order chi connectivity index (χ0) is 14.1. The number of rotatable bonds is 3. The van der Waals surface area contributed by atoms with E-state index >= 15 is 0 Å². The van der Waals surface area contributed by atoms with Gasteiger partial charge in [0.25, 0.3) is 0 Å². The minimum Gasteiger partial charge on any atom is -0.376 e. The Morgan fingerprint density at radius 3 is 3.15 bits per heavy atom. The molecule has 4 nitrogen and oxygen atoms in total. The van der Waals surface area contributed by atoms with Crippen molar-refractivity contribution in [3.8, 4) is 0 Å². The van der Waals surface area contributed by atoms with Gasteiger partial charge in [-0.2, -0.15) is 0 Å². The van der Waals surface area contributed by atoms with Crippen molar-refractivity contribution in [1.29, 1.82) is 0 Å². The van der Waals surface area contributed by atoms with Crippen molar-refractivity contribution < 1.29 is 13.9 Å². The standard InChI is InChI=1S/C14H15FN2O2S/c1-9(18)17(8-11-3-2-6-19-11)14-16-12-5-4-10(15)7-13(12)20-14/h4-5,7,11H,2-3,6,8H2,1H3/t11-/m1/s1. The van der Waals surface area contributed by atoms with Crippen LogP contribution in [0.25, 0.3) is 10.2 Å². The van der Waals surface area contributed by atoms with E-state index in [-0.39, 0.29) is 17.8 Å². The van der Waals surface area contributed by atoms with Crippen molar-refractivity contribution in [2.75, 3.05) is 18.1 Å². The summed E-state index contributed by atoms with van der Waals surface area (Å²) in [5, 5.41) is 0.605. The summed E-state index contributed by atoms with van der Waals surface area (Å²) in [6, 6.07) is 4.46. The van der Waals surface area contributed by atoms with Crippen LogP contribution in [0.3, 0.4) is 0 Å². The highest BCUT2D eigenvalue weighted by Crippen LogP contribution is 2.30. The monoisotopic (exact) mass is 294 g/mol. The molecule has 1 fully saturated rings. The van der Waals surface area contributed by atoms with Gasteiger partial charge in [0.05, 0.1) is 22.9 Å². The van der Waals surface area contributed by atoms with Gasteiger partial charge in [-0.05, 0) is 31.0 Å². The van der Waals surface area contributed by atoms with Gasteiger partial charge in [0.2, 0.25) is 5.91 Å². The number of carbonyl (C=O) groups excluding carboxylic acids is 1. The average molecular weight is 294 g/mol. The van der Waals surface area contributed by atoms with Crippen LogP contribution in [0.5, 0.6) is 0 Å². The predicted molar refractivity (Wildman–Crippen MR) is 76.6 cm³/mol. The summed E-state index contributed by atoms with van der Waals surface area (Å²) < 4.78 is 19.5. The third kappa shape index (κ3) is 2.66. The summed E-state index contributed by atoms with van der Waals surface area (Å²) in [7, 11) is 0. The SMILES string of the molecule is CC(=O)N(C[C@H]1CCCO1)c1nc2ccc(F)cc2s1. The third-order valence-electron chi connectivity index (χ3n) is 3.36. The van der Waals surface area contributed by atoms with E-state index in [0.717, 1.165) is 24.1 Å². The molecule has 6 heteroatoms. The van der Waals surface area contributed by atoms with Gasteiger partial charge in [-0.1, -0.05) is 11.3 Å². The molecule has 1 aromatic carbocycles. The highest BCUT2D eigenvalue weighted by atomic mass is 32.1. The number of ether oxygens (including phenoxy) is 1. The van der Waals surface area contributed by atoms with Gasteiger partial charge in [-0.15, -0.1) is 0 Å². The lowest BCUT2D eigenvalue weighted by atomic mass is 10.2. The van der Waals surface area contributed by atoms with Crippen LogP contribution < -0.4 is 4.90 Å². The Kier molecular flexibility index (Phi) is 3.67. The van der Waals surface area contributed by atoms with Crippen molar-refractivity contribution in [3.63, 3.8) is 0 Å². The molecule has 1 aliphatic heterocycles. The summed E-state index contributed by atoms with van der Waals surface area (Å²) >= 11 is 1.33. The Labute approximate surface area is 120 Å². The zero-order valence-electron chi connectivity index (χ0n) is 11.1. The van der Waals surface area contributed by atoms with Gasteiger partial charge in [-0.3, -0.25) is 9.69 Å². The van der Waals surface area contributed by atoms with Crippen molar-refractivity contribution in [2.45, 2.75) is 25.9 Å². The first-order valence-electron chi connectivity index (χ1n) is 6.59. The van der Waals surface area contributed by atoms with Gasteiger partial charge in [0.1, 0.15) is 5.82 Å². The molecule has 1 atom stereocenters. The lowest BCUT2D eigenvalue weighted by molar-refractivity contribution is -0.116. The lowest BCUT2D eigenvalue weighted by Crippen LogP contribution is -2.35. The minimum absolute atomic E-state index is 0.0694. The van der Waals surface area contributed by atoms with Crippen LogP contribution in [0, 0.1) is 5.82 Å². The number of fused-ring (bicyclic) bond motifs is 1. The number of nitrogens with zero attached hydrogens (tertiary/aromatic N) is 2. The van der Waals surface area contributed by atoms with E-state index in [1.807, 2.05) is 0 Å². The third-order valence-corrected chi connectivity index (χ3v) is 4.40. The summed E-state index contributed by atoms with van der Waals surface area (Å²) in [5.41, 5.74) is 0.713. The molecule has 0 spiro atoms. The fourth-order valence-corrected chi connectivity index (χ4v) is 3.38. The van der Waals surface area contributed by atoms with E-state index in [0.29, 0.717) is 17.2 Å². The molecule has 0 N–H and O–H groups in total. The van der Waals surface area contributed by atoms with Crippen LogP contribution in [-0.2, 0) is 9.53 Å². The molecule has 1 aromatic heterocycles. The number of amides is 1. The molecule has 1 aliphatic rings. The second kappa shape index (κ2) is 5.46. The number of hydrogen-bond acceptors (Lipinski definition) is 4. The van der Waals surface area contributed by atoms with Gasteiger partial charge >= 0.3 is 0 Å². The fraction of sp³-hybridized carbons (Fsp3) is 0.429. The van der Waals surface area contributed by atoms with E-state index < -0.39 is 0 Å². The van der Waals surface area contributed by atoms with Crippen LogP contribution in [0.4, 0.5) is 9.52 Å². The van der Waals surface area contributed by atoms with Crippen molar-refractivity contribution in [3.05, 3.63) is 24.0 Å². The zero-order valence-corrected chi connectivity index (χ0v) is 12.0. The summed E-state index contributed by atoms with van der Waals surface area (Å²) in [5.74, 6) is -0.360. The molecule has 0 bridgehead atoms. The highest BCUT2D eigenvalue weighted by molar-refractivity contribution is 7.22. The summed E-state index contributed by atoms with van der Waals surface area (Å²) in [4.78, 5) is 17.9. The molecule has 2 heterocycles. The average Bonchev–Trinajstić information content (AvgIpc) is 3.03. The second-order valence-corrected chi connectivity index (χ2v) is 5.88. The first kappa shape index (κ1) is 13.5. The van der Waals surface area contributed by atoms with Crippen LogP contribution >= 0.6 is 11.3 Å². The number of carbonyl (C=O) groups is 1. The Bertz CT molecular complexity index is 637. The largest absolute Gasteiger partial charge is 0.376 e. The van der Waals surface area contributed by atoms with Crippen LogP contribution in [0.1, 0.15) is 19.8 Å². The normalized spacial score (nSPS) is 18.6. The lowest BCUT2D eigenvalue weighted by Gasteiger charge is -2.21. The predicted octanol–water partition coefficient (Wildman–Crippen LogP) is 2.97. The number of thiazole rings is 1. The van der Waals surface area contributed by atoms with E-state index in [9.17, 15) is 9.18 Å². The van der Waals surface area contributed by atoms with Crippen molar-refractivity contribution >= 4 is 32.6 Å². The van der Waals surface area contributed by atoms with E-state index in [1.165, 1.54) is 30.4 Å². The highest BCUT2D eigenvalue weighted by Gasteiger charge is 2.24. The Morgan fingerprint density at radius 1 is 1.60 bits per heavy atom. The molecule has 0 aliphatic carbocycles. The molecule has 0 unspecified atom stereocenters. The van der Waals surface area contributed by atoms with E-state index in [1.54, 1.807) is 11.0 Å². The number of aromatic nitrogens is 1. The molecule has 0 saturated carbocycles. The number of anilines is 1. The van der Waals surface area contributed by atoms with Crippen molar-refractivity contribution in [2.24, 2.45) is 0 Å². The van der Waals surface area contributed by atoms with E-state index in [2.05, 4.69) is 4.98 Å². The first-order valence-corrected chi connectivity index (χ1v) is 7.41. The molecular formula is C14H15FN2O2S. The van der Waals surface area contributed by atoms with Crippen molar-refractivity contribution in [1.82, 2.24) is 4.98 Å². The molecule has 20 heavy (non-hydrogen) atoms. The van der Waals surface area contributed by atoms with Gasteiger partial charge in [0.15, 0.2) is 5.13 Å². The van der Waals surface area contributed by atoms with Gasteiger partial charge in [0, 0.05) is 13.5 Å². The topological polar surface area (TPSA) is 42.4 Å². The van der Waals surface area contributed by atoms with E-state index in [4.69, 9.17) is 4.74 Å². The summed E-state index contributed by atoms with van der Waals surface area (Å²) in [6.45, 7) is 2.78. The molecular weight excluding hydrogens is 279 g/mol. The molecule has 106 valence electrons. The Balaban J connectivity index is 1.90. The Morgan fingerprint density at radius 2 is 2.45 bits per heavy atom. The maximum atomic E-state index is 13.2. The maximum Gasteiger partial charge on any atom is 0.225 e. The first-order chi connectivity index (χ1) is 9.63. The van der Waals surface area contributed by atoms with Gasteiger partial charge in [-0.25, -0.2) is 9.37 Å². The van der Waals surface area contributed by atoms with Gasteiger partial charge < -0.3 is 4.74 Å². The number of benzene rings is 1. The Hall–Kier alpha value is -1.53. The van der Waals surface area contributed by atoms with Crippen LogP contribution in [0.15, 0.2) is 18.2 Å². The molecule has 0 radical (unpaired) electrons. The minimum atomic E-state index is -0.291. The number of halogens is 1. The summed E-state index contributed by atoms with van der Waals surface area (Å²) in [6.07, 6.45) is 2.06. The van der Waals surface area contributed by atoms with Crippen LogP contribution in [0.2, 0.25) is 0 Å². The molecule has 1 saturated heterocycles. The maximum absolute atomic E-state index is 13.2. The van der Waals surface area contributed by atoms with Crippen LogP contribution in [-0.4, -0.2) is 30.1 Å². The second-order valence-electron chi connectivity index (χ2n) is 4.87. The molecule has 2 aromatic rings. The fourth-order valence-electron chi connectivity index (χ4n) is 2.34. The number of hydrogen-bond donors (Lipinski definition) is 0. The smallest absolute Gasteiger partial charge is 0.225 e. The molecule has 1 amide bonds. The molecule has 3 rings (SSSR count). The quantitative estimate of drug-likeness (QED) is 0.874.